The van der Waals surface area contributed by atoms with E-state index in [-0.39, 0.29) is 23.2 Å². The Hall–Kier alpha value is -2.40. The predicted molar refractivity (Wildman–Crippen MR) is 97.7 cm³/mol. The SMILES string of the molecule is O=[N+]([O-])c1ccc(S(=O)(=O)NC[C@@H](c2cccnc2)N2CCOCC2)cc1. The molecule has 1 aromatic heterocycles. The van der Waals surface area contributed by atoms with E-state index < -0.39 is 14.9 Å². The summed E-state index contributed by atoms with van der Waals surface area (Å²) in [5.41, 5.74) is 0.751. The topological polar surface area (TPSA) is 115 Å². The van der Waals surface area contributed by atoms with Crippen LogP contribution in [0.2, 0.25) is 0 Å². The van der Waals surface area contributed by atoms with E-state index in [4.69, 9.17) is 4.74 Å². The van der Waals surface area contributed by atoms with Crippen molar-refractivity contribution < 1.29 is 18.1 Å². The fourth-order valence-electron chi connectivity index (χ4n) is 2.94. The molecule has 0 radical (unpaired) electrons. The molecule has 1 atom stereocenters. The van der Waals surface area contributed by atoms with Crippen LogP contribution in [0.25, 0.3) is 0 Å². The summed E-state index contributed by atoms with van der Waals surface area (Å²) in [5.74, 6) is 0. The molecule has 2 heterocycles. The lowest BCUT2D eigenvalue weighted by atomic mass is 10.1. The van der Waals surface area contributed by atoms with E-state index in [0.717, 1.165) is 5.56 Å². The number of non-ortho nitro benzene ring substituents is 1. The van der Waals surface area contributed by atoms with E-state index in [1.165, 1.54) is 24.3 Å². The zero-order valence-corrected chi connectivity index (χ0v) is 15.3. The Morgan fingerprint density at radius 2 is 1.93 bits per heavy atom. The summed E-state index contributed by atoms with van der Waals surface area (Å²) in [6, 6.07) is 8.35. The Morgan fingerprint density at radius 3 is 2.52 bits per heavy atom. The van der Waals surface area contributed by atoms with Gasteiger partial charge in [0.15, 0.2) is 0 Å². The van der Waals surface area contributed by atoms with Gasteiger partial charge in [0, 0.05) is 44.2 Å². The first-order valence-corrected chi connectivity index (χ1v) is 9.91. The molecule has 0 saturated carbocycles. The number of rotatable bonds is 7. The van der Waals surface area contributed by atoms with Gasteiger partial charge in [-0.2, -0.15) is 0 Å². The molecular weight excluding hydrogens is 372 g/mol. The van der Waals surface area contributed by atoms with Crippen molar-refractivity contribution in [3.05, 3.63) is 64.5 Å². The highest BCUT2D eigenvalue weighted by atomic mass is 32.2. The van der Waals surface area contributed by atoms with Gasteiger partial charge in [-0.3, -0.25) is 20.0 Å². The molecule has 9 nitrogen and oxygen atoms in total. The van der Waals surface area contributed by atoms with Gasteiger partial charge in [0.25, 0.3) is 5.69 Å². The Bertz CT molecular complexity index is 868. The molecule has 1 fully saturated rings. The third-order valence-corrected chi connectivity index (χ3v) is 5.82. The summed E-state index contributed by atoms with van der Waals surface area (Å²) in [7, 11) is -3.80. The highest BCUT2D eigenvalue weighted by Gasteiger charge is 2.25. The molecule has 1 saturated heterocycles. The number of pyridine rings is 1. The van der Waals surface area contributed by atoms with Crippen LogP contribution in [-0.2, 0) is 14.8 Å². The summed E-state index contributed by atoms with van der Waals surface area (Å²) in [6.45, 7) is 2.72. The van der Waals surface area contributed by atoms with Crippen molar-refractivity contribution in [2.24, 2.45) is 0 Å². The highest BCUT2D eigenvalue weighted by molar-refractivity contribution is 7.89. The lowest BCUT2D eigenvalue weighted by molar-refractivity contribution is -0.384. The van der Waals surface area contributed by atoms with Crippen molar-refractivity contribution in [2.75, 3.05) is 32.8 Å². The van der Waals surface area contributed by atoms with Gasteiger partial charge in [-0.1, -0.05) is 6.07 Å². The monoisotopic (exact) mass is 392 g/mol. The molecular formula is C17H20N4O5S. The smallest absolute Gasteiger partial charge is 0.269 e. The average Bonchev–Trinajstić information content (AvgIpc) is 2.70. The third-order valence-electron chi connectivity index (χ3n) is 4.38. The number of ether oxygens (including phenoxy) is 1. The zero-order valence-electron chi connectivity index (χ0n) is 14.5. The average molecular weight is 392 g/mol. The second-order valence-corrected chi connectivity index (χ2v) is 7.82. The molecule has 27 heavy (non-hydrogen) atoms. The van der Waals surface area contributed by atoms with Gasteiger partial charge in [0.2, 0.25) is 10.0 Å². The van der Waals surface area contributed by atoms with Crippen LogP contribution >= 0.6 is 0 Å². The van der Waals surface area contributed by atoms with Crippen LogP contribution in [-0.4, -0.2) is 56.1 Å². The number of nitrogens with zero attached hydrogens (tertiary/aromatic N) is 3. The molecule has 1 aliphatic rings. The second kappa shape index (κ2) is 8.53. The molecule has 0 spiro atoms. The van der Waals surface area contributed by atoms with Gasteiger partial charge < -0.3 is 4.74 Å². The molecule has 0 aliphatic carbocycles. The van der Waals surface area contributed by atoms with E-state index in [1.807, 2.05) is 12.1 Å². The van der Waals surface area contributed by atoms with Crippen LogP contribution in [0.4, 0.5) is 5.69 Å². The first kappa shape index (κ1) is 19.4. The Kier molecular flexibility index (Phi) is 6.11. The summed E-state index contributed by atoms with van der Waals surface area (Å²) < 4.78 is 33.2. The van der Waals surface area contributed by atoms with E-state index in [0.29, 0.717) is 26.3 Å². The molecule has 144 valence electrons. The van der Waals surface area contributed by atoms with Crippen molar-refractivity contribution >= 4 is 15.7 Å². The molecule has 2 aromatic rings. The molecule has 1 aliphatic heterocycles. The van der Waals surface area contributed by atoms with Crippen LogP contribution in [0.1, 0.15) is 11.6 Å². The lowest BCUT2D eigenvalue weighted by Crippen LogP contribution is -2.43. The van der Waals surface area contributed by atoms with Crippen LogP contribution in [0, 0.1) is 10.1 Å². The largest absolute Gasteiger partial charge is 0.379 e. The number of aromatic nitrogens is 1. The van der Waals surface area contributed by atoms with Gasteiger partial charge >= 0.3 is 0 Å². The van der Waals surface area contributed by atoms with Crippen LogP contribution in [0.3, 0.4) is 0 Å². The third kappa shape index (κ3) is 4.86. The Balaban J connectivity index is 1.76. The minimum Gasteiger partial charge on any atom is -0.379 e. The minimum atomic E-state index is -3.80. The molecule has 3 rings (SSSR count). The molecule has 1 N–H and O–H groups in total. The summed E-state index contributed by atoms with van der Waals surface area (Å²) in [4.78, 5) is 16.4. The van der Waals surface area contributed by atoms with Crippen molar-refractivity contribution in [1.82, 2.24) is 14.6 Å². The number of hydrogen-bond acceptors (Lipinski definition) is 7. The summed E-state index contributed by atoms with van der Waals surface area (Å²) >= 11 is 0. The first-order chi connectivity index (χ1) is 13.0. The van der Waals surface area contributed by atoms with Crippen LogP contribution in [0.15, 0.2) is 53.7 Å². The molecule has 0 amide bonds. The molecule has 0 unspecified atom stereocenters. The lowest BCUT2D eigenvalue weighted by Gasteiger charge is -2.34. The van der Waals surface area contributed by atoms with E-state index in [1.54, 1.807) is 12.4 Å². The van der Waals surface area contributed by atoms with E-state index >= 15 is 0 Å². The predicted octanol–water partition coefficient (Wildman–Crippen LogP) is 1.34. The van der Waals surface area contributed by atoms with Gasteiger partial charge in [-0.05, 0) is 23.8 Å². The highest BCUT2D eigenvalue weighted by Crippen LogP contribution is 2.22. The number of hydrogen-bond donors (Lipinski definition) is 1. The first-order valence-electron chi connectivity index (χ1n) is 8.43. The zero-order chi connectivity index (χ0) is 19.3. The normalized spacial score (nSPS) is 16.7. The van der Waals surface area contributed by atoms with Crippen molar-refractivity contribution in [3.8, 4) is 0 Å². The molecule has 1 aromatic carbocycles. The van der Waals surface area contributed by atoms with Gasteiger partial charge in [0.05, 0.1) is 29.1 Å². The van der Waals surface area contributed by atoms with Gasteiger partial charge in [-0.25, -0.2) is 13.1 Å². The fourth-order valence-corrected chi connectivity index (χ4v) is 3.98. The molecule has 0 bridgehead atoms. The maximum atomic E-state index is 12.6. The van der Waals surface area contributed by atoms with E-state index in [9.17, 15) is 18.5 Å². The van der Waals surface area contributed by atoms with Crippen LogP contribution < -0.4 is 4.72 Å². The second-order valence-electron chi connectivity index (χ2n) is 6.05. The minimum absolute atomic E-state index is 0.0139. The van der Waals surface area contributed by atoms with Crippen molar-refractivity contribution in [3.63, 3.8) is 0 Å². The Labute approximate surface area is 157 Å². The fraction of sp³-hybridized carbons (Fsp3) is 0.353. The number of nitrogens with one attached hydrogen (secondary N) is 1. The number of nitro groups is 1. The maximum absolute atomic E-state index is 12.6. The number of morpholine rings is 1. The standard InChI is InChI=1S/C17H20N4O5S/c22-21(23)15-3-5-16(6-4-15)27(24,25)19-13-17(14-2-1-7-18-12-14)20-8-10-26-11-9-20/h1-7,12,17,19H,8-11,13H2/t17-/m0/s1. The summed E-state index contributed by atoms with van der Waals surface area (Å²) in [6.07, 6.45) is 3.39. The Morgan fingerprint density at radius 1 is 1.22 bits per heavy atom. The maximum Gasteiger partial charge on any atom is 0.269 e. The van der Waals surface area contributed by atoms with Crippen molar-refractivity contribution in [1.29, 1.82) is 0 Å². The number of nitro benzene ring substituents is 1. The van der Waals surface area contributed by atoms with E-state index in [2.05, 4.69) is 14.6 Å². The van der Waals surface area contributed by atoms with Crippen LogP contribution in [0.5, 0.6) is 0 Å². The van der Waals surface area contributed by atoms with Gasteiger partial charge in [-0.15, -0.1) is 0 Å². The number of benzene rings is 1. The van der Waals surface area contributed by atoms with Crippen molar-refractivity contribution in [2.45, 2.75) is 10.9 Å². The molecule has 10 heteroatoms. The number of sulfonamides is 1. The van der Waals surface area contributed by atoms with Gasteiger partial charge in [0.1, 0.15) is 0 Å². The quantitative estimate of drug-likeness (QED) is 0.558. The summed E-state index contributed by atoms with van der Waals surface area (Å²) in [5, 5.41) is 10.7.